The summed E-state index contributed by atoms with van der Waals surface area (Å²) in [5.41, 5.74) is -0.0856. The smallest absolute Gasteiger partial charge is 0.412 e. The largest absolute Gasteiger partial charge is 0.489 e. The molecule has 37 heavy (non-hydrogen) atoms. The molecule has 2 fully saturated rings. The number of aromatic nitrogens is 1. The van der Waals surface area contributed by atoms with Gasteiger partial charge in [0.15, 0.2) is 5.67 Å². The van der Waals surface area contributed by atoms with Crippen molar-refractivity contribution in [3.05, 3.63) is 28.1 Å². The van der Waals surface area contributed by atoms with Gasteiger partial charge in [-0.1, -0.05) is 0 Å². The minimum atomic E-state index is -1.73. The number of fused-ring (bicyclic) bond motifs is 1. The van der Waals surface area contributed by atoms with E-state index in [0.29, 0.717) is 35.0 Å². The lowest BCUT2D eigenvalue weighted by Gasteiger charge is -2.43. The zero-order chi connectivity index (χ0) is 26.8. The first kappa shape index (κ1) is 25.8. The Bertz CT molecular complexity index is 1230. The summed E-state index contributed by atoms with van der Waals surface area (Å²) in [6, 6.07) is 3.65. The number of thiazole rings is 1. The molecule has 8 nitrogen and oxygen atoms in total. The average molecular weight is 532 g/mol. The molecule has 3 aliphatic rings. The fourth-order valence-corrected chi connectivity index (χ4v) is 5.94. The Kier molecular flexibility index (Phi) is 6.16. The van der Waals surface area contributed by atoms with Gasteiger partial charge in [0.05, 0.1) is 30.6 Å². The van der Waals surface area contributed by atoms with E-state index in [1.807, 2.05) is 31.4 Å². The molecule has 0 bridgehead atoms. The van der Waals surface area contributed by atoms with Crippen molar-refractivity contribution in [3.8, 4) is 17.0 Å². The first-order valence-corrected chi connectivity index (χ1v) is 13.6. The normalized spacial score (nSPS) is 20.5. The van der Waals surface area contributed by atoms with Gasteiger partial charge in [-0.2, -0.15) is 0 Å². The summed E-state index contributed by atoms with van der Waals surface area (Å²) in [5, 5.41) is 12.1. The number of carbonyl (C=O) groups excluding carboxylic acids is 1. The molecule has 2 aliphatic heterocycles. The van der Waals surface area contributed by atoms with Crippen molar-refractivity contribution in [2.24, 2.45) is 0 Å². The molecule has 1 saturated carbocycles. The van der Waals surface area contributed by atoms with Gasteiger partial charge >= 0.3 is 12.2 Å². The molecule has 10 heteroatoms. The van der Waals surface area contributed by atoms with Crippen LogP contribution in [0, 0.1) is 0 Å². The number of carbonyl (C=O) groups is 2. The monoisotopic (exact) mass is 531 g/mol. The molecule has 5 rings (SSSR count). The Morgan fingerprint density at radius 2 is 1.92 bits per heavy atom. The average Bonchev–Trinajstić information content (AvgIpc) is 3.21. The van der Waals surface area contributed by atoms with Gasteiger partial charge in [-0.15, -0.1) is 11.3 Å². The van der Waals surface area contributed by atoms with Crippen molar-refractivity contribution in [1.29, 1.82) is 0 Å². The zero-order valence-electron chi connectivity index (χ0n) is 22.0. The van der Waals surface area contributed by atoms with Gasteiger partial charge in [0, 0.05) is 22.0 Å². The number of hydrogen-bond donors (Lipinski definition) is 1. The number of amides is 2. The third kappa shape index (κ3) is 4.76. The van der Waals surface area contributed by atoms with Crippen LogP contribution in [-0.4, -0.2) is 57.5 Å². The van der Waals surface area contributed by atoms with Crippen LogP contribution in [0.4, 0.5) is 19.7 Å². The van der Waals surface area contributed by atoms with Crippen LogP contribution in [0.15, 0.2) is 17.5 Å². The van der Waals surface area contributed by atoms with Gasteiger partial charge in [-0.25, -0.2) is 19.0 Å². The SMILES string of the molecule is CC(C)(C)OC(=O)N1CC(F)(c2nc(-c3ccc4c(c3OC3CCC3)CCC(C)(C)N4C(=O)O)cs2)C1. The number of likely N-dealkylation sites (tertiary alicyclic amines) is 1. The maximum Gasteiger partial charge on any atom is 0.412 e. The van der Waals surface area contributed by atoms with Gasteiger partial charge in [0.25, 0.3) is 0 Å². The van der Waals surface area contributed by atoms with E-state index in [4.69, 9.17) is 9.47 Å². The van der Waals surface area contributed by atoms with E-state index in [9.17, 15) is 14.7 Å². The predicted octanol–water partition coefficient (Wildman–Crippen LogP) is 6.37. The summed E-state index contributed by atoms with van der Waals surface area (Å²) in [5.74, 6) is 0.651. The summed E-state index contributed by atoms with van der Waals surface area (Å²) < 4.78 is 27.5. The lowest BCUT2D eigenvalue weighted by molar-refractivity contribution is -0.0537. The molecular weight excluding hydrogens is 497 g/mol. The van der Waals surface area contributed by atoms with Gasteiger partial charge in [0.2, 0.25) is 0 Å². The Balaban J connectivity index is 1.45. The Labute approximate surface area is 220 Å². The lowest BCUT2D eigenvalue weighted by atomic mass is 9.85. The fraction of sp³-hybridized carbons (Fsp3) is 0.593. The van der Waals surface area contributed by atoms with Gasteiger partial charge in [0.1, 0.15) is 16.4 Å². The van der Waals surface area contributed by atoms with Crippen LogP contribution in [0.1, 0.15) is 70.9 Å². The molecule has 2 amide bonds. The van der Waals surface area contributed by atoms with E-state index in [-0.39, 0.29) is 19.2 Å². The second-order valence-corrected chi connectivity index (χ2v) is 12.7. The van der Waals surface area contributed by atoms with Crippen LogP contribution in [0.5, 0.6) is 5.75 Å². The summed E-state index contributed by atoms with van der Waals surface area (Å²) in [6.45, 7) is 8.98. The molecule has 2 aromatic rings. The topological polar surface area (TPSA) is 92.2 Å². The second kappa shape index (κ2) is 8.85. The van der Waals surface area contributed by atoms with E-state index in [2.05, 4.69) is 4.98 Å². The molecule has 3 heterocycles. The fourth-order valence-electron chi connectivity index (χ4n) is 5.04. The first-order valence-electron chi connectivity index (χ1n) is 12.8. The quantitative estimate of drug-likeness (QED) is 0.493. The van der Waals surface area contributed by atoms with Crippen molar-refractivity contribution >= 4 is 29.2 Å². The minimum absolute atomic E-state index is 0.0816. The van der Waals surface area contributed by atoms with Gasteiger partial charge < -0.3 is 19.5 Å². The molecule has 0 atom stereocenters. The number of anilines is 1. The number of carboxylic acid groups (broad SMARTS) is 1. The third-order valence-corrected chi connectivity index (χ3v) is 8.32. The van der Waals surface area contributed by atoms with Crippen molar-refractivity contribution in [3.63, 3.8) is 0 Å². The molecule has 1 aliphatic carbocycles. The van der Waals surface area contributed by atoms with Gasteiger partial charge in [-0.3, -0.25) is 4.90 Å². The first-order chi connectivity index (χ1) is 17.3. The van der Waals surface area contributed by atoms with Crippen molar-refractivity contribution < 1.29 is 28.6 Å². The molecule has 1 aromatic heterocycles. The third-order valence-electron chi connectivity index (χ3n) is 7.29. The molecule has 1 saturated heterocycles. The Morgan fingerprint density at radius 1 is 1.22 bits per heavy atom. The molecule has 1 aromatic carbocycles. The number of rotatable bonds is 4. The predicted molar refractivity (Wildman–Crippen MR) is 139 cm³/mol. The highest BCUT2D eigenvalue weighted by Crippen LogP contribution is 2.48. The highest BCUT2D eigenvalue weighted by Gasteiger charge is 2.51. The van der Waals surface area contributed by atoms with Crippen molar-refractivity contribution in [2.75, 3.05) is 18.0 Å². The highest BCUT2D eigenvalue weighted by molar-refractivity contribution is 7.10. The Morgan fingerprint density at radius 3 is 2.51 bits per heavy atom. The number of alkyl halides is 1. The van der Waals surface area contributed by atoms with Gasteiger partial charge in [-0.05, 0) is 78.9 Å². The number of nitrogens with zero attached hydrogens (tertiary/aromatic N) is 3. The maximum absolute atomic E-state index is 15.7. The summed E-state index contributed by atoms with van der Waals surface area (Å²) >= 11 is 1.22. The molecule has 200 valence electrons. The minimum Gasteiger partial charge on any atom is -0.489 e. The van der Waals surface area contributed by atoms with Crippen LogP contribution in [0.3, 0.4) is 0 Å². The molecule has 0 radical (unpaired) electrons. The van der Waals surface area contributed by atoms with Crippen LogP contribution in [0.2, 0.25) is 0 Å². The summed E-state index contributed by atoms with van der Waals surface area (Å²) in [6.07, 6.45) is 2.89. The zero-order valence-corrected chi connectivity index (χ0v) is 22.8. The van der Waals surface area contributed by atoms with E-state index in [1.54, 1.807) is 20.8 Å². The molecule has 0 spiro atoms. The molecule has 1 N–H and O–H groups in total. The lowest BCUT2D eigenvalue weighted by Crippen LogP contribution is -2.59. The summed E-state index contributed by atoms with van der Waals surface area (Å²) in [7, 11) is 0. The highest BCUT2D eigenvalue weighted by atomic mass is 32.1. The van der Waals surface area contributed by atoms with E-state index >= 15 is 4.39 Å². The van der Waals surface area contributed by atoms with E-state index in [1.165, 1.54) is 21.1 Å². The number of halogens is 1. The van der Waals surface area contributed by atoms with E-state index in [0.717, 1.165) is 30.4 Å². The standard InChI is InChI=1S/C27H34FN3O5S/c1-25(2,3)36-24(34)30-14-27(28,15-30)22-29-19(13-37-22)17-9-10-20-18(21(17)35-16-7-6-8-16)11-12-26(4,5)31(20)23(32)33/h9-10,13,16H,6-8,11-12,14-15H2,1-5H3,(H,32,33). The number of ether oxygens (including phenoxy) is 2. The van der Waals surface area contributed by atoms with E-state index < -0.39 is 29.0 Å². The number of hydrogen-bond acceptors (Lipinski definition) is 6. The van der Waals surface area contributed by atoms with Crippen LogP contribution < -0.4 is 9.64 Å². The molecular formula is C27H34FN3O5S. The Hall–Kier alpha value is -2.88. The summed E-state index contributed by atoms with van der Waals surface area (Å²) in [4.78, 5) is 31.9. The second-order valence-electron chi connectivity index (χ2n) is 11.9. The van der Waals surface area contributed by atoms with Crippen molar-refractivity contribution in [1.82, 2.24) is 9.88 Å². The van der Waals surface area contributed by atoms with Crippen LogP contribution in [-0.2, 0) is 16.8 Å². The maximum atomic E-state index is 15.7. The van der Waals surface area contributed by atoms with Crippen LogP contribution in [0.25, 0.3) is 11.3 Å². The van der Waals surface area contributed by atoms with Crippen LogP contribution >= 0.6 is 11.3 Å². The number of benzene rings is 1. The van der Waals surface area contributed by atoms with Crippen molar-refractivity contribution in [2.45, 2.75) is 89.6 Å². The molecule has 0 unspecified atom stereocenters.